The number of hydrogen-bond acceptors (Lipinski definition) is 7. The molecule has 9 heteroatoms. The fourth-order valence-corrected chi connectivity index (χ4v) is 4.16. The lowest BCUT2D eigenvalue weighted by atomic mass is 10.2. The number of aromatic nitrogens is 2. The zero-order valence-electron chi connectivity index (χ0n) is 14.2. The molecule has 0 aliphatic rings. The first kappa shape index (κ1) is 18.8. The molecule has 1 atom stereocenters. The molecule has 0 radical (unpaired) electrons. The van der Waals surface area contributed by atoms with Crippen LogP contribution in [-0.2, 0) is 11.3 Å². The van der Waals surface area contributed by atoms with Crippen molar-refractivity contribution in [3.05, 3.63) is 52.9 Å². The summed E-state index contributed by atoms with van der Waals surface area (Å²) in [6.45, 7) is 4.15. The van der Waals surface area contributed by atoms with Crippen molar-refractivity contribution < 1.29 is 9.21 Å². The van der Waals surface area contributed by atoms with Gasteiger partial charge in [0.2, 0.25) is 11.0 Å². The number of anilines is 2. The second-order valence-electron chi connectivity index (χ2n) is 5.52. The van der Waals surface area contributed by atoms with Gasteiger partial charge in [0, 0.05) is 10.7 Å². The predicted molar refractivity (Wildman–Crippen MR) is 105 cm³/mol. The highest BCUT2D eigenvalue weighted by Crippen LogP contribution is 2.31. The van der Waals surface area contributed by atoms with E-state index in [1.165, 1.54) is 23.1 Å². The Balaban J connectivity index is 1.53. The van der Waals surface area contributed by atoms with Gasteiger partial charge in [0.25, 0.3) is 0 Å². The molecule has 0 spiro atoms. The number of nitrogens with zero attached hydrogens (tertiary/aromatic N) is 2. The zero-order chi connectivity index (χ0) is 18.5. The summed E-state index contributed by atoms with van der Waals surface area (Å²) in [5, 5.41) is 15.3. The Hall–Kier alpha value is -2.03. The fraction of sp³-hybridized carbons (Fsp3) is 0.235. The molecule has 0 saturated heterocycles. The molecule has 26 heavy (non-hydrogen) atoms. The third-order valence-corrected chi connectivity index (χ3v) is 5.92. The molecule has 2 heterocycles. The van der Waals surface area contributed by atoms with Crippen LogP contribution in [0, 0.1) is 6.92 Å². The van der Waals surface area contributed by atoms with Gasteiger partial charge in [0.05, 0.1) is 18.1 Å². The van der Waals surface area contributed by atoms with Gasteiger partial charge < -0.3 is 15.1 Å². The first-order valence-electron chi connectivity index (χ1n) is 7.84. The minimum atomic E-state index is -0.292. The number of carbonyl (C=O) groups is 1. The van der Waals surface area contributed by atoms with E-state index in [1.54, 1.807) is 12.3 Å². The average molecular weight is 409 g/mol. The van der Waals surface area contributed by atoms with E-state index in [1.807, 2.05) is 38.1 Å². The molecule has 2 aromatic heterocycles. The number of rotatable bonds is 7. The predicted octanol–water partition coefficient (Wildman–Crippen LogP) is 4.63. The molecule has 136 valence electrons. The Kier molecular flexibility index (Phi) is 6.18. The standard InChI is InChI=1S/C17H17ClN4O2S2/c1-10-5-6-12(8-14(10)18)20-16-21-22-17(26-16)25-11(2)15(23)19-9-13-4-3-7-24-13/h3-8,11H,9H2,1-2H3,(H,19,23)(H,20,21)/t11-/m1/s1. The van der Waals surface area contributed by atoms with E-state index >= 15 is 0 Å². The van der Waals surface area contributed by atoms with Crippen LogP contribution in [0.2, 0.25) is 5.02 Å². The number of furan rings is 1. The first-order chi connectivity index (χ1) is 12.5. The SMILES string of the molecule is Cc1ccc(Nc2nnc(S[C@H](C)C(=O)NCc3ccco3)s2)cc1Cl. The maximum absolute atomic E-state index is 12.2. The van der Waals surface area contributed by atoms with Crippen molar-refractivity contribution in [3.63, 3.8) is 0 Å². The first-order valence-corrected chi connectivity index (χ1v) is 9.92. The van der Waals surface area contributed by atoms with Crippen LogP contribution < -0.4 is 10.6 Å². The summed E-state index contributed by atoms with van der Waals surface area (Å²) >= 11 is 8.88. The van der Waals surface area contributed by atoms with Crippen LogP contribution in [0.25, 0.3) is 0 Å². The Labute approximate surface area is 164 Å². The smallest absolute Gasteiger partial charge is 0.233 e. The highest BCUT2D eigenvalue weighted by molar-refractivity contribution is 8.02. The molecule has 3 aromatic rings. The molecule has 6 nitrogen and oxygen atoms in total. The number of amides is 1. The quantitative estimate of drug-likeness (QED) is 0.554. The number of aryl methyl sites for hydroxylation is 1. The summed E-state index contributed by atoms with van der Waals surface area (Å²) in [5.41, 5.74) is 1.86. The molecule has 1 amide bonds. The lowest BCUT2D eigenvalue weighted by molar-refractivity contribution is -0.120. The van der Waals surface area contributed by atoms with Crippen molar-refractivity contribution in [1.29, 1.82) is 0 Å². The van der Waals surface area contributed by atoms with E-state index in [9.17, 15) is 4.79 Å². The van der Waals surface area contributed by atoms with Gasteiger partial charge in [-0.25, -0.2) is 0 Å². The Bertz CT molecular complexity index is 883. The van der Waals surface area contributed by atoms with Crippen molar-refractivity contribution in [2.24, 2.45) is 0 Å². The largest absolute Gasteiger partial charge is 0.467 e. The van der Waals surface area contributed by atoms with E-state index in [2.05, 4.69) is 20.8 Å². The van der Waals surface area contributed by atoms with Crippen LogP contribution in [-0.4, -0.2) is 21.4 Å². The van der Waals surface area contributed by atoms with E-state index in [4.69, 9.17) is 16.0 Å². The van der Waals surface area contributed by atoms with Crippen LogP contribution in [0.3, 0.4) is 0 Å². The average Bonchev–Trinajstić information content (AvgIpc) is 3.28. The van der Waals surface area contributed by atoms with Crippen molar-refractivity contribution in [2.45, 2.75) is 30.0 Å². The molecule has 0 fully saturated rings. The van der Waals surface area contributed by atoms with Crippen LogP contribution >= 0.6 is 34.7 Å². The maximum Gasteiger partial charge on any atom is 0.233 e. The number of nitrogens with one attached hydrogen (secondary N) is 2. The van der Waals surface area contributed by atoms with Gasteiger partial charge in [-0.05, 0) is 43.7 Å². The number of thioether (sulfide) groups is 1. The maximum atomic E-state index is 12.2. The molecular formula is C17H17ClN4O2S2. The normalized spacial score (nSPS) is 12.0. The second kappa shape index (κ2) is 8.57. The zero-order valence-corrected chi connectivity index (χ0v) is 16.5. The molecule has 1 aromatic carbocycles. The van der Waals surface area contributed by atoms with Crippen LogP contribution in [0.1, 0.15) is 18.2 Å². The lowest BCUT2D eigenvalue weighted by Crippen LogP contribution is -2.30. The molecule has 0 aliphatic carbocycles. The topological polar surface area (TPSA) is 80.0 Å². The molecule has 3 rings (SSSR count). The minimum Gasteiger partial charge on any atom is -0.467 e. The molecule has 2 N–H and O–H groups in total. The van der Waals surface area contributed by atoms with Gasteiger partial charge in [0.15, 0.2) is 4.34 Å². The van der Waals surface area contributed by atoms with E-state index < -0.39 is 0 Å². The Morgan fingerprint density at radius 1 is 1.38 bits per heavy atom. The van der Waals surface area contributed by atoms with Crippen molar-refractivity contribution in [3.8, 4) is 0 Å². The Morgan fingerprint density at radius 3 is 2.96 bits per heavy atom. The van der Waals surface area contributed by atoms with Gasteiger partial charge in [-0.1, -0.05) is 40.8 Å². The van der Waals surface area contributed by atoms with Crippen LogP contribution in [0.4, 0.5) is 10.8 Å². The summed E-state index contributed by atoms with van der Waals surface area (Å²) in [6.07, 6.45) is 1.58. The van der Waals surface area contributed by atoms with Gasteiger partial charge in [0.1, 0.15) is 5.76 Å². The molecule has 0 bridgehead atoms. The number of benzene rings is 1. The van der Waals surface area contributed by atoms with Gasteiger partial charge >= 0.3 is 0 Å². The number of carbonyl (C=O) groups excluding carboxylic acids is 1. The van der Waals surface area contributed by atoms with Gasteiger partial charge in [-0.15, -0.1) is 10.2 Å². The number of halogens is 1. The van der Waals surface area contributed by atoms with Crippen molar-refractivity contribution in [2.75, 3.05) is 5.32 Å². The minimum absolute atomic E-state index is 0.0820. The summed E-state index contributed by atoms with van der Waals surface area (Å²) in [6, 6.07) is 9.32. The molecule has 0 saturated carbocycles. The lowest BCUT2D eigenvalue weighted by Gasteiger charge is -2.08. The monoisotopic (exact) mass is 408 g/mol. The summed E-state index contributed by atoms with van der Waals surface area (Å²) in [5.74, 6) is 0.635. The highest BCUT2D eigenvalue weighted by Gasteiger charge is 2.17. The highest BCUT2D eigenvalue weighted by atomic mass is 35.5. The van der Waals surface area contributed by atoms with Crippen LogP contribution in [0.15, 0.2) is 45.4 Å². The third kappa shape index (κ3) is 5.00. The van der Waals surface area contributed by atoms with Crippen molar-refractivity contribution in [1.82, 2.24) is 15.5 Å². The van der Waals surface area contributed by atoms with E-state index in [0.717, 1.165) is 17.0 Å². The van der Waals surface area contributed by atoms with E-state index in [0.29, 0.717) is 21.0 Å². The number of hydrogen-bond donors (Lipinski definition) is 2. The fourth-order valence-electron chi connectivity index (χ4n) is 2.04. The summed E-state index contributed by atoms with van der Waals surface area (Å²) < 4.78 is 5.91. The molecule has 0 unspecified atom stereocenters. The Morgan fingerprint density at radius 2 is 2.23 bits per heavy atom. The van der Waals surface area contributed by atoms with Crippen LogP contribution in [0.5, 0.6) is 0 Å². The molecular weight excluding hydrogens is 392 g/mol. The van der Waals surface area contributed by atoms with Crippen molar-refractivity contribution >= 4 is 51.4 Å². The molecule has 0 aliphatic heterocycles. The second-order valence-corrected chi connectivity index (χ2v) is 8.49. The summed E-state index contributed by atoms with van der Waals surface area (Å²) in [4.78, 5) is 12.2. The van der Waals surface area contributed by atoms with Gasteiger partial charge in [-0.3, -0.25) is 4.79 Å². The van der Waals surface area contributed by atoms with Gasteiger partial charge in [-0.2, -0.15) is 0 Å². The van der Waals surface area contributed by atoms with E-state index in [-0.39, 0.29) is 11.2 Å². The summed E-state index contributed by atoms with van der Waals surface area (Å²) in [7, 11) is 0. The third-order valence-electron chi connectivity index (χ3n) is 3.49.